The summed E-state index contributed by atoms with van der Waals surface area (Å²) in [5.41, 5.74) is 0.997. The average Bonchev–Trinajstić information content (AvgIpc) is 2.47. The summed E-state index contributed by atoms with van der Waals surface area (Å²) in [6, 6.07) is 9.69. The van der Waals surface area contributed by atoms with Gasteiger partial charge in [0, 0.05) is 13.1 Å². The molecule has 0 radical (unpaired) electrons. The highest BCUT2D eigenvalue weighted by atomic mass is 16.6. The van der Waals surface area contributed by atoms with Crippen LogP contribution in [0, 0.1) is 5.92 Å². The molecule has 1 amide bonds. The van der Waals surface area contributed by atoms with E-state index in [2.05, 4.69) is 0 Å². The number of nitrogens with zero attached hydrogens (tertiary/aromatic N) is 1. The van der Waals surface area contributed by atoms with E-state index in [0.717, 1.165) is 24.8 Å². The number of carbonyl (C=O) groups is 1. The van der Waals surface area contributed by atoms with E-state index in [1.165, 1.54) is 0 Å². The normalized spacial score (nSPS) is 23.8. The van der Waals surface area contributed by atoms with E-state index in [0.29, 0.717) is 19.7 Å². The van der Waals surface area contributed by atoms with Gasteiger partial charge in [-0.2, -0.15) is 0 Å². The fraction of sp³-hybridized carbons (Fsp3) is 0.562. The van der Waals surface area contributed by atoms with Crippen molar-refractivity contribution in [2.75, 3.05) is 13.1 Å². The van der Waals surface area contributed by atoms with Crippen molar-refractivity contribution in [2.24, 2.45) is 5.92 Å². The largest absolute Gasteiger partial charge is 0.445 e. The zero-order chi connectivity index (χ0) is 14.4. The summed E-state index contributed by atoms with van der Waals surface area (Å²) in [6.45, 7) is 3.67. The van der Waals surface area contributed by atoms with Gasteiger partial charge >= 0.3 is 6.09 Å². The number of ether oxygens (including phenoxy) is 1. The van der Waals surface area contributed by atoms with Gasteiger partial charge < -0.3 is 14.7 Å². The zero-order valence-corrected chi connectivity index (χ0v) is 12.0. The predicted octanol–water partition coefficient (Wildman–Crippen LogP) is 2.81. The Bertz CT molecular complexity index is 421. The Kier molecular flexibility index (Phi) is 5.41. The quantitative estimate of drug-likeness (QED) is 0.904. The second-order valence-electron chi connectivity index (χ2n) is 5.50. The highest BCUT2D eigenvalue weighted by Gasteiger charge is 2.22. The smallest absolute Gasteiger partial charge is 0.410 e. The first kappa shape index (κ1) is 14.9. The second kappa shape index (κ2) is 7.29. The van der Waals surface area contributed by atoms with Crippen molar-refractivity contribution in [1.82, 2.24) is 4.90 Å². The number of hydrogen-bond donors (Lipinski definition) is 1. The lowest BCUT2D eigenvalue weighted by molar-refractivity contribution is 0.0595. The molecule has 2 atom stereocenters. The maximum Gasteiger partial charge on any atom is 0.410 e. The van der Waals surface area contributed by atoms with Crippen LogP contribution in [-0.4, -0.2) is 35.3 Å². The molecule has 1 aromatic carbocycles. The van der Waals surface area contributed by atoms with Gasteiger partial charge in [0.1, 0.15) is 6.61 Å². The molecule has 4 heteroatoms. The Balaban J connectivity index is 1.82. The maximum atomic E-state index is 12.1. The van der Waals surface area contributed by atoms with Crippen molar-refractivity contribution in [3.05, 3.63) is 35.9 Å². The third kappa shape index (κ3) is 4.23. The van der Waals surface area contributed by atoms with Crippen molar-refractivity contribution in [3.8, 4) is 0 Å². The van der Waals surface area contributed by atoms with Crippen LogP contribution in [0.4, 0.5) is 4.79 Å². The van der Waals surface area contributed by atoms with Crippen LogP contribution in [0.3, 0.4) is 0 Å². The number of aliphatic hydroxyl groups excluding tert-OH is 1. The van der Waals surface area contributed by atoms with Gasteiger partial charge in [0.05, 0.1) is 6.10 Å². The summed E-state index contributed by atoms with van der Waals surface area (Å²) in [4.78, 5) is 13.8. The molecule has 4 nitrogen and oxygen atoms in total. The topological polar surface area (TPSA) is 49.8 Å². The third-order valence-corrected chi connectivity index (χ3v) is 3.90. The van der Waals surface area contributed by atoms with Crippen LogP contribution in [0.25, 0.3) is 0 Å². The van der Waals surface area contributed by atoms with Crippen LogP contribution >= 0.6 is 0 Å². The molecule has 0 spiro atoms. The minimum absolute atomic E-state index is 0.236. The molecule has 1 aromatic rings. The molecular weight excluding hydrogens is 254 g/mol. The summed E-state index contributed by atoms with van der Waals surface area (Å²) in [6.07, 6.45) is 1.91. The van der Waals surface area contributed by atoms with E-state index < -0.39 is 0 Å². The molecule has 0 aromatic heterocycles. The molecule has 1 aliphatic rings. The molecule has 0 saturated carbocycles. The molecule has 1 aliphatic heterocycles. The van der Waals surface area contributed by atoms with Gasteiger partial charge in [-0.1, -0.05) is 37.3 Å². The fourth-order valence-corrected chi connectivity index (χ4v) is 2.43. The predicted molar refractivity (Wildman–Crippen MR) is 77.2 cm³/mol. The molecule has 1 N–H and O–H groups in total. The molecule has 1 fully saturated rings. The Hall–Kier alpha value is -1.55. The molecule has 0 bridgehead atoms. The van der Waals surface area contributed by atoms with Gasteiger partial charge in [0.25, 0.3) is 0 Å². The first-order valence-electron chi connectivity index (χ1n) is 7.30. The van der Waals surface area contributed by atoms with Gasteiger partial charge in [-0.25, -0.2) is 4.79 Å². The van der Waals surface area contributed by atoms with E-state index in [1.807, 2.05) is 37.3 Å². The SMILES string of the molecule is CC1CCN(C(=O)OCc2ccccc2)CCCC1O. The molecule has 20 heavy (non-hydrogen) atoms. The standard InChI is InChI=1S/C16H23NO3/c1-13-9-11-17(10-5-8-15(13)18)16(19)20-12-14-6-3-2-4-7-14/h2-4,6-7,13,15,18H,5,8-12H2,1H3. The molecule has 2 unspecified atom stereocenters. The fourth-order valence-electron chi connectivity index (χ4n) is 2.43. The lowest BCUT2D eigenvalue weighted by Crippen LogP contribution is -2.37. The monoisotopic (exact) mass is 277 g/mol. The van der Waals surface area contributed by atoms with E-state index in [4.69, 9.17) is 4.74 Å². The average molecular weight is 277 g/mol. The van der Waals surface area contributed by atoms with Crippen LogP contribution in [0.1, 0.15) is 31.7 Å². The Morgan fingerprint density at radius 3 is 2.80 bits per heavy atom. The van der Waals surface area contributed by atoms with Crippen molar-refractivity contribution < 1.29 is 14.6 Å². The van der Waals surface area contributed by atoms with E-state index >= 15 is 0 Å². The molecular formula is C16H23NO3. The van der Waals surface area contributed by atoms with Crippen LogP contribution in [0.15, 0.2) is 30.3 Å². The highest BCUT2D eigenvalue weighted by molar-refractivity contribution is 5.67. The van der Waals surface area contributed by atoms with Crippen LogP contribution in [0.2, 0.25) is 0 Å². The van der Waals surface area contributed by atoms with E-state index in [9.17, 15) is 9.90 Å². The molecule has 1 heterocycles. The van der Waals surface area contributed by atoms with E-state index in [1.54, 1.807) is 4.90 Å². The van der Waals surface area contributed by atoms with Crippen molar-refractivity contribution in [1.29, 1.82) is 0 Å². The minimum atomic E-state index is -0.252. The molecule has 0 aliphatic carbocycles. The summed E-state index contributed by atoms with van der Waals surface area (Å²) in [5, 5.41) is 9.82. The van der Waals surface area contributed by atoms with Crippen LogP contribution < -0.4 is 0 Å². The molecule has 110 valence electrons. The van der Waals surface area contributed by atoms with Crippen molar-refractivity contribution in [2.45, 2.75) is 38.9 Å². The van der Waals surface area contributed by atoms with Gasteiger partial charge in [-0.15, -0.1) is 0 Å². The van der Waals surface area contributed by atoms with Gasteiger partial charge in [0.2, 0.25) is 0 Å². The summed E-state index contributed by atoms with van der Waals surface area (Å²) in [7, 11) is 0. The Morgan fingerprint density at radius 1 is 1.30 bits per heavy atom. The minimum Gasteiger partial charge on any atom is -0.445 e. The second-order valence-corrected chi connectivity index (χ2v) is 5.50. The summed E-state index contributed by atoms with van der Waals surface area (Å²) in [5.74, 6) is 0.236. The number of hydrogen-bond acceptors (Lipinski definition) is 3. The van der Waals surface area contributed by atoms with Gasteiger partial charge in [-0.3, -0.25) is 0 Å². The molecule has 2 rings (SSSR count). The molecule has 1 saturated heterocycles. The van der Waals surface area contributed by atoms with Crippen molar-refractivity contribution in [3.63, 3.8) is 0 Å². The van der Waals surface area contributed by atoms with Gasteiger partial charge in [-0.05, 0) is 30.7 Å². The zero-order valence-electron chi connectivity index (χ0n) is 12.0. The lowest BCUT2D eigenvalue weighted by atomic mass is 9.95. The lowest BCUT2D eigenvalue weighted by Gasteiger charge is -2.29. The first-order chi connectivity index (χ1) is 9.66. The number of aliphatic hydroxyl groups is 1. The van der Waals surface area contributed by atoms with Crippen LogP contribution in [0.5, 0.6) is 0 Å². The van der Waals surface area contributed by atoms with E-state index in [-0.39, 0.29) is 18.1 Å². The number of benzene rings is 1. The number of amides is 1. The Labute approximate surface area is 120 Å². The maximum absolute atomic E-state index is 12.1. The Morgan fingerprint density at radius 2 is 2.05 bits per heavy atom. The van der Waals surface area contributed by atoms with Crippen LogP contribution in [-0.2, 0) is 11.3 Å². The first-order valence-corrected chi connectivity index (χ1v) is 7.30. The number of carbonyl (C=O) groups excluding carboxylic acids is 1. The summed E-state index contributed by atoms with van der Waals surface area (Å²) >= 11 is 0. The third-order valence-electron chi connectivity index (χ3n) is 3.90. The highest BCUT2D eigenvalue weighted by Crippen LogP contribution is 2.18. The summed E-state index contributed by atoms with van der Waals surface area (Å²) < 4.78 is 5.35. The van der Waals surface area contributed by atoms with Crippen molar-refractivity contribution >= 4 is 6.09 Å². The number of rotatable bonds is 2. The number of likely N-dealkylation sites (tertiary alicyclic amines) is 1. The van der Waals surface area contributed by atoms with Gasteiger partial charge in [0.15, 0.2) is 0 Å².